The number of hydrogen-bond donors (Lipinski definition) is 6. The van der Waals surface area contributed by atoms with E-state index >= 15 is 0 Å². The smallest absolute Gasteiger partial charge is 0.329 e. The zero-order chi connectivity index (χ0) is 90.9. The predicted molar refractivity (Wildman–Crippen MR) is 514 cm³/mol. The number of ketones is 1. The Morgan fingerprint density at radius 2 is 0.760 bits per heavy atom. The lowest BCUT2D eigenvalue weighted by Gasteiger charge is -2.27. The molecule has 0 fully saturated rings. The highest BCUT2D eigenvalue weighted by atomic mass is 32.2. The number of aliphatic imine (C=N–C) groups is 3. The Morgan fingerprint density at radius 3 is 1.13 bits per heavy atom. The van der Waals surface area contributed by atoms with Gasteiger partial charge in [-0.05, 0) is 108 Å². The Morgan fingerprint density at radius 1 is 0.424 bits per heavy atom. The maximum absolute atomic E-state index is 13.5. The van der Waals surface area contributed by atoms with Gasteiger partial charge < -0.3 is 41.4 Å². The van der Waals surface area contributed by atoms with Crippen molar-refractivity contribution in [3.63, 3.8) is 0 Å². The summed E-state index contributed by atoms with van der Waals surface area (Å²) in [6.45, 7) is 23.8. The molecule has 6 amide bonds. The number of Topliss-reactive ketones (excluding diaryl/α,β-unsaturated/α-hetero) is 1. The molecule has 3 aromatic rings. The molecule has 0 unspecified atom stereocenters. The summed E-state index contributed by atoms with van der Waals surface area (Å²) in [5, 5.41) is 28.0. The Labute approximate surface area is 776 Å². The molecular formula is C90H132N12O14S9. The second kappa shape index (κ2) is 55.6. The van der Waals surface area contributed by atoms with E-state index in [1.165, 1.54) is 162 Å². The fraction of sp³-hybridized carbons (Fsp3) is 0.667. The molecule has 9 atom stereocenters. The number of rotatable bonds is 35. The molecule has 6 N–H and O–H groups in total. The molecule has 125 heavy (non-hydrogen) atoms. The molecule has 0 aliphatic carbocycles. The predicted octanol–water partition coefficient (Wildman–Crippen LogP) is 16.5. The third kappa shape index (κ3) is 37.2. The molecule has 0 saturated heterocycles. The van der Waals surface area contributed by atoms with Crippen LogP contribution in [0, 0.1) is 23.7 Å². The summed E-state index contributed by atoms with van der Waals surface area (Å²) in [5.74, 6) is -0.423. The number of unbranched alkanes of at least 4 members (excludes halogenated alkanes) is 14. The first-order valence-electron chi connectivity index (χ1n) is 44.5. The van der Waals surface area contributed by atoms with Crippen molar-refractivity contribution in [2.45, 2.75) is 323 Å². The van der Waals surface area contributed by atoms with Crippen molar-refractivity contribution in [1.29, 1.82) is 0 Å². The van der Waals surface area contributed by atoms with E-state index < -0.39 is 58.9 Å². The number of thioether (sulfide) groups is 6. The number of cyclic esters (lactones) is 2. The number of ether oxygens (including phenoxy) is 2. The zero-order valence-corrected chi connectivity index (χ0v) is 82.3. The lowest BCUT2D eigenvalue weighted by Crippen LogP contribution is -2.53. The van der Waals surface area contributed by atoms with Crippen LogP contribution >= 0.6 is 105 Å². The van der Waals surface area contributed by atoms with Gasteiger partial charge >= 0.3 is 11.9 Å². The summed E-state index contributed by atoms with van der Waals surface area (Å²) in [7, 11) is 0. The van der Waals surface area contributed by atoms with Gasteiger partial charge in [-0.3, -0.25) is 62.9 Å². The number of carbonyl (C=O) groups excluding carboxylic acids is 12. The minimum Gasteiger partial charge on any atom is -0.456 e. The standard InChI is InChI=1S/C31H46N4O5S3.C30H44N4O4S3.C29H42N4O5S3/c1-5-6-7-8-12-15-26(37)41-16-13-10-9-11-14-22-17-24(36)32-18-25-33-23(19-42-25)28-35-31(4,20-43-28)30(39)34-27(21(2)3)29(38)40-22;1-5-6-7-8-9-13-26(37)39-14-11-10-12-21-15-23(35)27(20(2)3)33-29(38)30(4)19-41-28(34-30)22-18-40-25(32-22)17-31-24(36)16-21;1-5-6-7-8-9-13-24(35)39-14-11-10-12-20-15-22(34)30-16-23-31-21(17-40-23)26-33-29(4,18-41-26)28(37)32-25(19(2)3)27(36)38-20/h11,14,19,21-22,27H,5-10,12-13,15-18,20H2,1-4H3,(H,32,36)(H,34,39);10,12,18,20-21,27H,5-9,11,13-17,19H2,1-4H3,(H,31,36)(H,33,38);10,12,17,19-20,25H,5-9,11,13-16,18H2,1-4H3,(H,30,34)(H,32,37)/b14-11+;2*12-10+/t22-,27+,31+;21-,27-,30-;20-,25+,29+/m101/s1. The van der Waals surface area contributed by atoms with Crippen LogP contribution < -0.4 is 31.9 Å². The first-order chi connectivity index (χ1) is 59.8. The minimum absolute atomic E-state index is 0.0396. The Bertz CT molecular complexity index is 4100. The Hall–Kier alpha value is -6.34. The van der Waals surface area contributed by atoms with Crippen molar-refractivity contribution >= 4 is 188 Å². The van der Waals surface area contributed by atoms with Crippen LogP contribution in [0.2, 0.25) is 0 Å². The maximum Gasteiger partial charge on any atom is 0.329 e. The fourth-order valence-corrected chi connectivity index (χ4v) is 21.7. The monoisotopic (exact) mass is 1890 g/mol. The summed E-state index contributed by atoms with van der Waals surface area (Å²) >= 11 is 12.8. The van der Waals surface area contributed by atoms with Gasteiger partial charge in [-0.1, -0.05) is 199 Å². The van der Waals surface area contributed by atoms with Crippen LogP contribution in [0.4, 0.5) is 0 Å². The SMILES string of the molecule is CCCCCCCC(=O)SCC/C=C/[C@@H]1CC(=O)NCc2nc(cs2)C2=N[C@@](C)(CS2)C(=O)N[C@@H](C(C)C)C(=O)C1.CCCCCCCC(=O)SCC/C=C/[C@@H]1CC(=O)NCc2nc(cs2)C2=N[C@@](C)(CS2)C(=O)N[C@@H](C(C)C)C(=O)O1.CCCCCCCC(=O)SCCCC/C=C/[C@@H]1CC(=O)NCc2nc(cs2)C2=N[C@@](C)(CS2)C(=O)N[C@@H](C(C)C)C(=O)O1. The quantitative estimate of drug-likeness (QED) is 0.0181. The fourth-order valence-electron chi connectivity index (χ4n) is 13.5. The molecule has 26 nitrogen and oxygen atoms in total. The number of esters is 2. The van der Waals surface area contributed by atoms with E-state index in [2.05, 4.69) is 77.6 Å². The molecule has 6 aliphatic rings. The molecule has 0 radical (unpaired) electrons. The lowest BCUT2D eigenvalue weighted by molar-refractivity contribution is -0.154. The number of amides is 6. The van der Waals surface area contributed by atoms with Gasteiger partial charge in [-0.2, -0.15) is 0 Å². The van der Waals surface area contributed by atoms with E-state index in [1.54, 1.807) is 32.9 Å². The van der Waals surface area contributed by atoms with E-state index in [9.17, 15) is 57.5 Å². The van der Waals surface area contributed by atoms with Gasteiger partial charge in [0.2, 0.25) is 35.4 Å². The lowest BCUT2D eigenvalue weighted by atomic mass is 9.89. The minimum atomic E-state index is -1.04. The molecule has 35 heteroatoms. The van der Waals surface area contributed by atoms with E-state index in [0.29, 0.717) is 99.6 Å². The number of nitrogens with zero attached hydrogens (tertiary/aromatic N) is 6. The van der Waals surface area contributed by atoms with Gasteiger partial charge in [0.25, 0.3) is 0 Å². The van der Waals surface area contributed by atoms with Gasteiger partial charge in [0.05, 0.1) is 38.5 Å². The van der Waals surface area contributed by atoms with Gasteiger partial charge in [-0.15, -0.1) is 69.3 Å². The third-order valence-electron chi connectivity index (χ3n) is 21.2. The van der Waals surface area contributed by atoms with Crippen molar-refractivity contribution in [2.75, 3.05) is 34.5 Å². The van der Waals surface area contributed by atoms with Gasteiger partial charge in [0, 0.05) is 82.8 Å². The number of carbonyl (C=O) groups is 12. The van der Waals surface area contributed by atoms with E-state index in [1.807, 2.05) is 82.0 Å². The molecule has 9 heterocycles. The largest absolute Gasteiger partial charge is 0.456 e. The molecule has 9 rings (SSSR count). The van der Waals surface area contributed by atoms with Crippen LogP contribution in [-0.4, -0.2) is 180 Å². The average Bonchev–Trinajstić information content (AvgIpc) is 1.67. The molecule has 6 aliphatic heterocycles. The van der Waals surface area contributed by atoms with Crippen LogP contribution in [0.25, 0.3) is 0 Å². The van der Waals surface area contributed by atoms with Crippen molar-refractivity contribution in [2.24, 2.45) is 38.6 Å². The number of hydrogen-bond acceptors (Lipinski definition) is 29. The van der Waals surface area contributed by atoms with Crippen molar-refractivity contribution < 1.29 is 67.0 Å². The summed E-state index contributed by atoms with van der Waals surface area (Å²) in [5.41, 5.74) is -0.967. The number of fused-ring (bicyclic) bond motifs is 12. The zero-order valence-electron chi connectivity index (χ0n) is 74.9. The normalized spacial score (nSPS) is 23.7. The van der Waals surface area contributed by atoms with Crippen LogP contribution in [-0.2, 0) is 86.6 Å². The first kappa shape index (κ1) is 106. The van der Waals surface area contributed by atoms with Gasteiger partial charge in [0.1, 0.15) is 88.1 Å². The van der Waals surface area contributed by atoms with Crippen LogP contribution in [0.1, 0.15) is 289 Å². The molecule has 3 aromatic heterocycles. The average molecular weight is 1890 g/mol. The third-order valence-corrected chi connectivity index (χ3v) is 30.6. The Kier molecular flexibility index (Phi) is 47.0. The summed E-state index contributed by atoms with van der Waals surface area (Å²) in [4.78, 5) is 183. The van der Waals surface area contributed by atoms with Crippen LogP contribution in [0.15, 0.2) is 67.6 Å². The summed E-state index contributed by atoms with van der Waals surface area (Å²) in [6, 6.07) is -2.45. The van der Waals surface area contributed by atoms with Gasteiger partial charge in [-0.25, -0.2) is 24.5 Å². The number of allylic oxidation sites excluding steroid dienone is 4. The maximum atomic E-state index is 13.5. The van der Waals surface area contributed by atoms with E-state index in [0.717, 1.165) is 78.6 Å². The molecule has 690 valence electrons. The van der Waals surface area contributed by atoms with Crippen LogP contribution in [0.3, 0.4) is 0 Å². The topological polar surface area (TPSA) is 371 Å². The molecular weight excluding hydrogens is 1760 g/mol. The number of thiazole rings is 3. The second-order valence-corrected chi connectivity index (χ2v) is 42.9. The Balaban J connectivity index is 0.000000258. The van der Waals surface area contributed by atoms with Crippen molar-refractivity contribution in [3.05, 3.63) is 84.7 Å². The highest BCUT2D eigenvalue weighted by Gasteiger charge is 2.45. The highest BCUT2D eigenvalue weighted by molar-refractivity contribution is 8.15. The van der Waals surface area contributed by atoms with E-state index in [4.69, 9.17) is 14.5 Å². The van der Waals surface area contributed by atoms with Crippen molar-refractivity contribution in [3.8, 4) is 0 Å². The van der Waals surface area contributed by atoms with Crippen molar-refractivity contribution in [1.82, 2.24) is 46.9 Å². The molecule has 0 aromatic carbocycles. The highest BCUT2D eigenvalue weighted by Crippen LogP contribution is 2.36. The summed E-state index contributed by atoms with van der Waals surface area (Å²) in [6.07, 6.45) is 32.3. The first-order valence-corrected chi connectivity index (χ1v) is 53.0. The van der Waals surface area contributed by atoms with Gasteiger partial charge in [0.15, 0.2) is 21.1 Å². The molecule has 0 saturated carbocycles. The molecule has 0 spiro atoms. The number of nitrogens with one attached hydrogen (secondary N) is 6. The van der Waals surface area contributed by atoms with Crippen LogP contribution in [0.5, 0.6) is 0 Å². The number of aromatic nitrogens is 3. The molecule has 12 bridgehead atoms. The second-order valence-electron chi connectivity index (χ2n) is 33.7. The van der Waals surface area contributed by atoms with E-state index in [-0.39, 0.29) is 119 Å². The summed E-state index contributed by atoms with van der Waals surface area (Å²) < 4.78 is 11.6.